The highest BCUT2D eigenvalue weighted by atomic mass is 127. The molecule has 0 aliphatic carbocycles. The minimum Gasteiger partial charge on any atom is -0.378 e. The summed E-state index contributed by atoms with van der Waals surface area (Å²) in [6.07, 6.45) is 0.478. The lowest BCUT2D eigenvalue weighted by Gasteiger charge is -2.26. The first kappa shape index (κ1) is 23.0. The first-order chi connectivity index (χ1) is 13.5. The number of para-hydroxylation sites is 1. The fourth-order valence-electron chi connectivity index (χ4n) is 3.46. The maximum atomic E-state index is 12.0. The van der Waals surface area contributed by atoms with E-state index in [-0.39, 0.29) is 35.8 Å². The van der Waals surface area contributed by atoms with Crippen LogP contribution in [0.1, 0.15) is 29.0 Å². The topological polar surface area (TPSA) is 68.8 Å². The van der Waals surface area contributed by atoms with Gasteiger partial charge in [-0.15, -0.1) is 24.0 Å². The van der Waals surface area contributed by atoms with Crippen molar-refractivity contribution in [2.75, 3.05) is 37.9 Å². The van der Waals surface area contributed by atoms with E-state index in [2.05, 4.69) is 57.0 Å². The maximum absolute atomic E-state index is 12.0. The predicted molar refractivity (Wildman–Crippen MR) is 132 cm³/mol. The lowest BCUT2D eigenvalue weighted by Crippen LogP contribution is -2.40. The molecule has 3 N–H and O–H groups in total. The Morgan fingerprint density at radius 3 is 2.66 bits per heavy atom. The van der Waals surface area contributed by atoms with Gasteiger partial charge in [-0.25, -0.2) is 0 Å². The summed E-state index contributed by atoms with van der Waals surface area (Å²) in [5.41, 5.74) is 5.74. The molecule has 0 aromatic heterocycles. The van der Waals surface area contributed by atoms with Crippen molar-refractivity contribution >= 4 is 47.2 Å². The molecule has 0 spiro atoms. The number of guanidine groups is 1. The average molecular weight is 507 g/mol. The Hall–Kier alpha value is -2.29. The highest BCUT2D eigenvalue weighted by Crippen LogP contribution is 2.31. The van der Waals surface area contributed by atoms with Gasteiger partial charge in [0.25, 0.3) is 0 Å². The SMILES string of the molecule is CN=C(NCc1ccc(N(C)C)cc1C)NCC1CC(=O)Nc2ccccc21.I. The molecular formula is C22H30IN5O. The molecule has 3 rings (SSSR count). The van der Waals surface area contributed by atoms with Gasteiger partial charge in [-0.05, 0) is 41.8 Å². The Labute approximate surface area is 190 Å². The van der Waals surface area contributed by atoms with Crippen LogP contribution < -0.4 is 20.9 Å². The van der Waals surface area contributed by atoms with Crippen LogP contribution in [0, 0.1) is 6.92 Å². The molecule has 2 aromatic rings. The van der Waals surface area contributed by atoms with E-state index in [1.807, 2.05) is 32.3 Å². The van der Waals surface area contributed by atoms with E-state index in [1.165, 1.54) is 22.4 Å². The fourth-order valence-corrected chi connectivity index (χ4v) is 3.46. The van der Waals surface area contributed by atoms with E-state index in [4.69, 9.17) is 0 Å². The van der Waals surface area contributed by atoms with Crippen LogP contribution in [0.15, 0.2) is 47.5 Å². The quantitative estimate of drug-likeness (QED) is 0.330. The number of anilines is 2. The summed E-state index contributed by atoms with van der Waals surface area (Å²) < 4.78 is 0. The van der Waals surface area contributed by atoms with Crippen molar-refractivity contribution in [1.82, 2.24) is 10.6 Å². The molecule has 1 aliphatic heterocycles. The van der Waals surface area contributed by atoms with Crippen molar-refractivity contribution in [2.24, 2.45) is 4.99 Å². The summed E-state index contributed by atoms with van der Waals surface area (Å²) in [4.78, 5) is 18.4. The van der Waals surface area contributed by atoms with Crippen LogP contribution >= 0.6 is 24.0 Å². The molecule has 0 radical (unpaired) electrons. The molecule has 0 saturated heterocycles. The Morgan fingerprint density at radius 2 is 1.97 bits per heavy atom. The van der Waals surface area contributed by atoms with Gasteiger partial charge in [0, 0.05) is 57.9 Å². The van der Waals surface area contributed by atoms with E-state index >= 15 is 0 Å². The minimum atomic E-state index is 0. The summed E-state index contributed by atoms with van der Waals surface area (Å²) in [5, 5.41) is 9.69. The largest absolute Gasteiger partial charge is 0.378 e. The lowest BCUT2D eigenvalue weighted by molar-refractivity contribution is -0.116. The number of aliphatic imine (C=N–C) groups is 1. The number of halogens is 1. The number of hydrogen-bond acceptors (Lipinski definition) is 3. The summed E-state index contributed by atoms with van der Waals surface area (Å²) in [6, 6.07) is 14.4. The number of fused-ring (bicyclic) bond motifs is 1. The van der Waals surface area contributed by atoms with Crippen LogP contribution in [-0.2, 0) is 11.3 Å². The molecular weight excluding hydrogens is 477 g/mol. The van der Waals surface area contributed by atoms with Crippen LogP contribution in [-0.4, -0.2) is 39.6 Å². The second kappa shape index (κ2) is 10.5. The maximum Gasteiger partial charge on any atom is 0.225 e. The van der Waals surface area contributed by atoms with Crippen LogP contribution in [0.25, 0.3) is 0 Å². The second-order valence-corrected chi connectivity index (χ2v) is 7.35. The Balaban J connectivity index is 0.00000300. The molecule has 156 valence electrons. The summed E-state index contributed by atoms with van der Waals surface area (Å²) in [5.74, 6) is 0.925. The zero-order valence-corrected chi connectivity index (χ0v) is 19.8. The molecule has 29 heavy (non-hydrogen) atoms. The first-order valence-electron chi connectivity index (χ1n) is 9.58. The summed E-state index contributed by atoms with van der Waals surface area (Å²) in [6.45, 7) is 3.47. The minimum absolute atomic E-state index is 0. The monoisotopic (exact) mass is 507 g/mol. The number of nitrogens with zero attached hydrogens (tertiary/aromatic N) is 2. The van der Waals surface area contributed by atoms with Crippen molar-refractivity contribution < 1.29 is 4.79 Å². The molecule has 1 aliphatic rings. The van der Waals surface area contributed by atoms with Crippen molar-refractivity contribution in [1.29, 1.82) is 0 Å². The second-order valence-electron chi connectivity index (χ2n) is 7.35. The Kier molecular flexibility index (Phi) is 8.31. The number of carbonyl (C=O) groups is 1. The first-order valence-corrected chi connectivity index (χ1v) is 9.58. The zero-order valence-electron chi connectivity index (χ0n) is 17.5. The third-order valence-corrected chi connectivity index (χ3v) is 5.13. The average Bonchev–Trinajstić information content (AvgIpc) is 2.68. The number of nitrogens with one attached hydrogen (secondary N) is 3. The number of benzene rings is 2. The Morgan fingerprint density at radius 1 is 1.21 bits per heavy atom. The van der Waals surface area contributed by atoms with Gasteiger partial charge in [0.2, 0.25) is 5.91 Å². The third kappa shape index (κ3) is 5.85. The van der Waals surface area contributed by atoms with Crippen molar-refractivity contribution in [2.45, 2.75) is 25.8 Å². The van der Waals surface area contributed by atoms with Crippen LogP contribution in [0.5, 0.6) is 0 Å². The molecule has 0 saturated carbocycles. The van der Waals surface area contributed by atoms with Gasteiger partial charge in [-0.3, -0.25) is 9.79 Å². The standard InChI is InChI=1S/C22H29N5O.HI/c1-15-11-18(27(3)4)10-9-16(15)13-24-22(23-2)25-14-17-12-21(28)26-20-8-6-5-7-19(17)20;/h5-11,17H,12-14H2,1-4H3,(H,26,28)(H2,23,24,25);1H. The van der Waals surface area contributed by atoms with Crippen molar-refractivity contribution in [3.63, 3.8) is 0 Å². The highest BCUT2D eigenvalue weighted by molar-refractivity contribution is 14.0. The normalized spacial score (nSPS) is 15.7. The molecule has 7 heteroatoms. The highest BCUT2D eigenvalue weighted by Gasteiger charge is 2.24. The molecule has 0 bridgehead atoms. The van der Waals surface area contributed by atoms with Crippen molar-refractivity contribution in [3.8, 4) is 0 Å². The van der Waals surface area contributed by atoms with E-state index in [0.717, 1.165) is 11.6 Å². The van der Waals surface area contributed by atoms with Gasteiger partial charge in [0.1, 0.15) is 0 Å². The summed E-state index contributed by atoms with van der Waals surface area (Å²) in [7, 11) is 5.85. The number of rotatable bonds is 5. The van der Waals surface area contributed by atoms with Gasteiger partial charge >= 0.3 is 0 Å². The zero-order chi connectivity index (χ0) is 20.1. The van der Waals surface area contributed by atoms with Crippen LogP contribution in [0.3, 0.4) is 0 Å². The van der Waals surface area contributed by atoms with Crippen LogP contribution in [0.2, 0.25) is 0 Å². The smallest absolute Gasteiger partial charge is 0.225 e. The molecule has 1 atom stereocenters. The van der Waals surface area contributed by atoms with Crippen LogP contribution in [0.4, 0.5) is 11.4 Å². The molecule has 6 nitrogen and oxygen atoms in total. The van der Waals surface area contributed by atoms with Gasteiger partial charge in [0.05, 0.1) is 0 Å². The van der Waals surface area contributed by atoms with E-state index in [9.17, 15) is 4.79 Å². The number of aryl methyl sites for hydroxylation is 1. The van der Waals surface area contributed by atoms with Gasteiger partial charge in [-0.1, -0.05) is 24.3 Å². The van der Waals surface area contributed by atoms with Gasteiger partial charge in [-0.2, -0.15) is 0 Å². The number of carbonyl (C=O) groups excluding carboxylic acids is 1. The fraction of sp³-hybridized carbons (Fsp3) is 0.364. The molecule has 2 aromatic carbocycles. The van der Waals surface area contributed by atoms with E-state index in [1.54, 1.807) is 7.05 Å². The van der Waals surface area contributed by atoms with Crippen molar-refractivity contribution in [3.05, 3.63) is 59.2 Å². The third-order valence-electron chi connectivity index (χ3n) is 5.13. The lowest BCUT2D eigenvalue weighted by atomic mass is 9.90. The number of hydrogen-bond donors (Lipinski definition) is 3. The summed E-state index contributed by atoms with van der Waals surface area (Å²) >= 11 is 0. The molecule has 1 amide bonds. The van der Waals surface area contributed by atoms with Gasteiger partial charge < -0.3 is 20.9 Å². The molecule has 0 fully saturated rings. The van der Waals surface area contributed by atoms with E-state index in [0.29, 0.717) is 19.5 Å². The molecule has 1 unspecified atom stereocenters. The number of amides is 1. The van der Waals surface area contributed by atoms with Gasteiger partial charge in [0.15, 0.2) is 5.96 Å². The Bertz CT molecular complexity index is 881. The van der Waals surface area contributed by atoms with E-state index < -0.39 is 0 Å². The molecule has 1 heterocycles. The predicted octanol–water partition coefficient (Wildman–Crippen LogP) is 3.47.